The van der Waals surface area contributed by atoms with Gasteiger partial charge in [0, 0.05) is 11.1 Å². The van der Waals surface area contributed by atoms with E-state index in [-0.39, 0.29) is 11.5 Å². The lowest BCUT2D eigenvalue weighted by Gasteiger charge is -2.03. The van der Waals surface area contributed by atoms with Gasteiger partial charge < -0.3 is 9.47 Å². The lowest BCUT2D eigenvalue weighted by atomic mass is 10.2. The van der Waals surface area contributed by atoms with Crippen molar-refractivity contribution in [1.29, 1.82) is 0 Å². The quantitative estimate of drug-likeness (QED) is 0.619. The third kappa shape index (κ3) is 5.02. The van der Waals surface area contributed by atoms with Gasteiger partial charge in [-0.05, 0) is 48.5 Å². The highest BCUT2D eigenvalue weighted by Gasteiger charge is 2.03. The minimum atomic E-state index is -2.87. The predicted molar refractivity (Wildman–Crippen MR) is 72.1 cm³/mol. The van der Waals surface area contributed by atoms with E-state index in [0.717, 1.165) is 0 Å². The van der Waals surface area contributed by atoms with Crippen molar-refractivity contribution in [2.75, 3.05) is 0 Å². The van der Waals surface area contributed by atoms with E-state index >= 15 is 0 Å². The summed E-state index contributed by atoms with van der Waals surface area (Å²) in [4.78, 5) is 0. The summed E-state index contributed by atoms with van der Waals surface area (Å²) in [6.07, 6.45) is 0. The van der Waals surface area contributed by atoms with Gasteiger partial charge in [0.15, 0.2) is 0 Å². The molecule has 0 heterocycles. The Hall–Kier alpha value is -2.68. The van der Waals surface area contributed by atoms with Crippen LogP contribution < -0.4 is 9.47 Å². The average molecular weight is 310 g/mol. The molecule has 114 valence electrons. The van der Waals surface area contributed by atoms with E-state index in [4.69, 9.17) is 0 Å². The molecule has 2 aromatic carbocycles. The molecule has 2 rings (SSSR count). The lowest BCUT2D eigenvalue weighted by molar-refractivity contribution is -0.0505. The zero-order valence-electron chi connectivity index (χ0n) is 11.1. The molecule has 0 spiro atoms. The molecule has 0 aliphatic heterocycles. The summed E-state index contributed by atoms with van der Waals surface area (Å²) < 4.78 is 56.4. The van der Waals surface area contributed by atoms with Crippen LogP contribution in [-0.4, -0.2) is 13.2 Å². The van der Waals surface area contributed by atoms with Crippen molar-refractivity contribution in [2.45, 2.75) is 13.2 Å². The molecule has 0 N–H and O–H groups in total. The van der Waals surface area contributed by atoms with Crippen LogP contribution in [0.2, 0.25) is 0 Å². The first-order valence-corrected chi connectivity index (χ1v) is 6.15. The maximum Gasteiger partial charge on any atom is 0.387 e. The van der Waals surface area contributed by atoms with Gasteiger partial charge in [-0.3, -0.25) is 0 Å². The van der Waals surface area contributed by atoms with Gasteiger partial charge in [-0.25, -0.2) is 0 Å². The van der Waals surface area contributed by atoms with Gasteiger partial charge >= 0.3 is 13.2 Å². The van der Waals surface area contributed by atoms with Crippen LogP contribution in [-0.2, 0) is 0 Å². The number of benzene rings is 2. The standard InChI is InChI=1S/C16H10F4O2/c17-15(18)21-13-7-3-11(4-8-13)1-2-12-5-9-14(10-6-12)22-16(19)20/h3-10,15-16H. The number of hydrogen-bond acceptors (Lipinski definition) is 2. The Kier molecular flexibility index (Phi) is 5.26. The molecular weight excluding hydrogens is 300 g/mol. The van der Waals surface area contributed by atoms with Crippen molar-refractivity contribution in [3.05, 3.63) is 59.7 Å². The van der Waals surface area contributed by atoms with E-state index in [9.17, 15) is 17.6 Å². The van der Waals surface area contributed by atoms with Crippen molar-refractivity contribution in [2.24, 2.45) is 0 Å². The molecule has 0 amide bonds. The van der Waals surface area contributed by atoms with Crippen LogP contribution >= 0.6 is 0 Å². The number of halogens is 4. The van der Waals surface area contributed by atoms with Crippen LogP contribution in [0.15, 0.2) is 48.5 Å². The predicted octanol–water partition coefficient (Wildman–Crippen LogP) is 4.29. The molecule has 0 saturated carbocycles. The van der Waals surface area contributed by atoms with E-state index in [1.165, 1.54) is 24.3 Å². The van der Waals surface area contributed by atoms with Gasteiger partial charge in [0.2, 0.25) is 0 Å². The molecule has 2 nitrogen and oxygen atoms in total. The minimum Gasteiger partial charge on any atom is -0.435 e. The highest BCUT2D eigenvalue weighted by Crippen LogP contribution is 2.16. The SMILES string of the molecule is FC(F)Oc1ccc(C#Cc2ccc(OC(F)F)cc2)cc1. The Morgan fingerprint density at radius 2 is 0.909 bits per heavy atom. The normalized spacial score (nSPS) is 10.3. The van der Waals surface area contributed by atoms with Crippen molar-refractivity contribution in [1.82, 2.24) is 0 Å². The van der Waals surface area contributed by atoms with Gasteiger partial charge in [-0.15, -0.1) is 0 Å². The van der Waals surface area contributed by atoms with Crippen LogP contribution in [0.1, 0.15) is 11.1 Å². The van der Waals surface area contributed by atoms with Crippen molar-refractivity contribution < 1.29 is 27.0 Å². The fourth-order valence-corrected chi connectivity index (χ4v) is 1.58. The summed E-state index contributed by atoms with van der Waals surface area (Å²) in [6.45, 7) is -5.74. The van der Waals surface area contributed by atoms with E-state index < -0.39 is 13.2 Å². The van der Waals surface area contributed by atoms with Crippen molar-refractivity contribution in [3.63, 3.8) is 0 Å². The van der Waals surface area contributed by atoms with E-state index in [2.05, 4.69) is 21.3 Å². The minimum absolute atomic E-state index is 0.0500. The number of hydrogen-bond donors (Lipinski definition) is 0. The molecule has 0 atom stereocenters. The van der Waals surface area contributed by atoms with Gasteiger partial charge in [0.05, 0.1) is 0 Å². The van der Waals surface area contributed by atoms with Crippen molar-refractivity contribution >= 4 is 0 Å². The molecular formula is C16H10F4O2. The Balaban J connectivity index is 2.03. The van der Waals surface area contributed by atoms with Crippen LogP contribution in [0.3, 0.4) is 0 Å². The number of ether oxygens (including phenoxy) is 2. The molecule has 0 aliphatic rings. The maximum absolute atomic E-state index is 12.0. The Morgan fingerprint density at radius 1 is 0.591 bits per heavy atom. The second-order valence-corrected chi connectivity index (χ2v) is 4.06. The molecule has 0 fully saturated rings. The molecule has 22 heavy (non-hydrogen) atoms. The molecule has 0 unspecified atom stereocenters. The molecule has 0 radical (unpaired) electrons. The highest BCUT2D eigenvalue weighted by atomic mass is 19.3. The zero-order chi connectivity index (χ0) is 15.9. The Labute approximate surface area is 124 Å². The van der Waals surface area contributed by atoms with Crippen molar-refractivity contribution in [3.8, 4) is 23.3 Å². The van der Waals surface area contributed by atoms with E-state index in [0.29, 0.717) is 11.1 Å². The average Bonchev–Trinajstić information content (AvgIpc) is 2.47. The molecule has 0 bridgehead atoms. The van der Waals surface area contributed by atoms with Crippen LogP contribution in [0, 0.1) is 11.8 Å². The first-order valence-electron chi connectivity index (χ1n) is 6.15. The summed E-state index contributed by atoms with van der Waals surface area (Å²) in [5.41, 5.74) is 1.21. The van der Waals surface area contributed by atoms with Crippen LogP contribution in [0.4, 0.5) is 17.6 Å². The monoisotopic (exact) mass is 310 g/mol. The van der Waals surface area contributed by atoms with E-state index in [1.807, 2.05) is 0 Å². The van der Waals surface area contributed by atoms with Gasteiger partial charge in [-0.2, -0.15) is 17.6 Å². The number of alkyl halides is 4. The first kappa shape index (κ1) is 15.7. The summed E-state index contributed by atoms with van der Waals surface area (Å²) in [7, 11) is 0. The molecule has 6 heteroatoms. The third-order valence-corrected chi connectivity index (χ3v) is 2.51. The number of rotatable bonds is 4. The molecule has 0 saturated heterocycles. The van der Waals surface area contributed by atoms with Gasteiger partial charge in [-0.1, -0.05) is 11.8 Å². The second kappa shape index (κ2) is 7.36. The zero-order valence-corrected chi connectivity index (χ0v) is 11.1. The Bertz CT molecular complexity index is 598. The summed E-state index contributed by atoms with van der Waals surface area (Å²) in [5.74, 6) is 5.74. The van der Waals surface area contributed by atoms with E-state index in [1.54, 1.807) is 24.3 Å². The fraction of sp³-hybridized carbons (Fsp3) is 0.125. The van der Waals surface area contributed by atoms with Gasteiger partial charge in [0.25, 0.3) is 0 Å². The summed E-state index contributed by atoms with van der Waals surface area (Å²) in [6, 6.07) is 11.7. The van der Waals surface area contributed by atoms with Crippen LogP contribution in [0.25, 0.3) is 0 Å². The smallest absolute Gasteiger partial charge is 0.387 e. The molecule has 0 aromatic heterocycles. The summed E-state index contributed by atoms with van der Waals surface area (Å²) in [5, 5.41) is 0. The van der Waals surface area contributed by atoms with Gasteiger partial charge in [0.1, 0.15) is 11.5 Å². The third-order valence-electron chi connectivity index (χ3n) is 2.51. The lowest BCUT2D eigenvalue weighted by Crippen LogP contribution is -2.01. The largest absolute Gasteiger partial charge is 0.435 e. The molecule has 2 aromatic rings. The Morgan fingerprint density at radius 3 is 1.18 bits per heavy atom. The highest BCUT2D eigenvalue weighted by molar-refractivity contribution is 5.45. The summed E-state index contributed by atoms with van der Waals surface area (Å²) >= 11 is 0. The second-order valence-electron chi connectivity index (χ2n) is 4.06. The molecule has 0 aliphatic carbocycles. The topological polar surface area (TPSA) is 18.5 Å². The van der Waals surface area contributed by atoms with Crippen LogP contribution in [0.5, 0.6) is 11.5 Å². The maximum atomic E-state index is 12.0. The first-order chi connectivity index (χ1) is 10.5. The fourth-order valence-electron chi connectivity index (χ4n) is 1.58.